The van der Waals surface area contributed by atoms with Gasteiger partial charge >= 0.3 is 17.9 Å². The van der Waals surface area contributed by atoms with Crippen molar-refractivity contribution in [2.24, 2.45) is 57.2 Å². The fourth-order valence-corrected chi connectivity index (χ4v) is 16.0. The number of rotatable bonds is 12. The number of hydrogen-bond donors (Lipinski definition) is 2. The third-order valence-corrected chi connectivity index (χ3v) is 19.8. The van der Waals surface area contributed by atoms with E-state index in [-0.39, 0.29) is 49.8 Å². The van der Waals surface area contributed by atoms with Crippen LogP contribution in [0.3, 0.4) is 0 Å². The van der Waals surface area contributed by atoms with E-state index in [4.69, 9.17) is 4.74 Å². The smallest absolute Gasteiger partial charge is 0.409 e. The lowest BCUT2D eigenvalue weighted by Gasteiger charge is -2.59. The highest BCUT2D eigenvalue weighted by Gasteiger charge is 2.76. The van der Waals surface area contributed by atoms with Crippen molar-refractivity contribution in [3.63, 3.8) is 0 Å². The minimum atomic E-state index is -1.29. The molecule has 3 unspecified atom stereocenters. The predicted molar refractivity (Wildman–Crippen MR) is 260 cm³/mol. The third-order valence-electron chi connectivity index (χ3n) is 19.8. The van der Waals surface area contributed by atoms with E-state index >= 15 is 0 Å². The van der Waals surface area contributed by atoms with Crippen LogP contribution in [0.2, 0.25) is 0 Å². The predicted octanol–water partition coefficient (Wildman–Crippen LogP) is 8.81. The molecule has 9 atom stereocenters. The average molecular weight is 953 g/mol. The molecule has 1 spiro atoms. The number of likely N-dealkylation sites (N-methyl/N-ethyl adjacent to an activating group) is 2. The van der Waals surface area contributed by atoms with Gasteiger partial charge < -0.3 is 29.9 Å². The SMILES string of the molecule is CC(C)CCC[C@@H](C)[C@H]1CCC2[C@@H]3CC=C4C[C@@H](OC(=O)N(C)CC56CCC(N(C)C(=O)C(=O)N(C)C)(CC5)c5nc(C(=O)NCc7ccc(F)cc7)c(O)c(=O)n5C6)CC[C@]4(C)C34CC4C[C@@]21C. The van der Waals surface area contributed by atoms with Crippen molar-refractivity contribution in [3.05, 3.63) is 69.2 Å². The molecule has 2 bridgehead atoms. The first-order valence-electron chi connectivity index (χ1n) is 26.1. The molecule has 376 valence electrons. The van der Waals surface area contributed by atoms with Crippen LogP contribution in [0.4, 0.5) is 9.18 Å². The molecule has 13 nitrogen and oxygen atoms in total. The lowest BCUT2D eigenvalue weighted by molar-refractivity contribution is -0.155. The first-order valence-corrected chi connectivity index (χ1v) is 26.1. The Balaban J connectivity index is 0.903. The Bertz CT molecular complexity index is 2460. The number of fused-ring (bicyclic) bond motifs is 5. The summed E-state index contributed by atoms with van der Waals surface area (Å²) in [7, 11) is 6.21. The number of halogens is 1. The summed E-state index contributed by atoms with van der Waals surface area (Å²) in [5.41, 5.74) is -0.350. The molecule has 3 heterocycles. The Kier molecular flexibility index (Phi) is 12.7. The highest BCUT2D eigenvalue weighted by atomic mass is 19.1. The molecule has 2 N–H and O–H groups in total. The quantitative estimate of drug-likeness (QED) is 0.158. The van der Waals surface area contributed by atoms with Gasteiger partial charge in [-0.15, -0.1) is 0 Å². The normalized spacial score (nSPS) is 34.1. The fourth-order valence-electron chi connectivity index (χ4n) is 16.0. The number of nitrogens with one attached hydrogen (secondary N) is 1. The molecular formula is C55H77FN6O7. The summed E-state index contributed by atoms with van der Waals surface area (Å²) in [4.78, 5) is 77.9. The summed E-state index contributed by atoms with van der Waals surface area (Å²) in [6.07, 6.45) is 16.6. The maximum Gasteiger partial charge on any atom is 0.409 e. The first kappa shape index (κ1) is 49.2. The second-order valence-electron chi connectivity index (χ2n) is 24.2. The van der Waals surface area contributed by atoms with Crippen LogP contribution in [-0.2, 0) is 33.0 Å². The fraction of sp³-hybridized carbons (Fsp3) is 0.709. The van der Waals surface area contributed by atoms with Gasteiger partial charge in [0.2, 0.25) is 5.75 Å². The largest absolute Gasteiger partial charge is 0.501 e. The van der Waals surface area contributed by atoms with E-state index < -0.39 is 57.6 Å². The Hall–Kier alpha value is -4.75. The molecule has 1 aromatic carbocycles. The molecule has 69 heavy (non-hydrogen) atoms. The highest BCUT2D eigenvalue weighted by molar-refractivity contribution is 6.34. The molecule has 14 heteroatoms. The Morgan fingerprint density at radius 1 is 0.928 bits per heavy atom. The zero-order valence-corrected chi connectivity index (χ0v) is 42.7. The molecule has 1 aromatic heterocycles. The van der Waals surface area contributed by atoms with Gasteiger partial charge in [0.15, 0.2) is 5.69 Å². The number of carbonyl (C=O) groups is 4. The van der Waals surface area contributed by atoms with Crippen LogP contribution in [-0.4, -0.2) is 94.0 Å². The Labute approximate surface area is 408 Å². The van der Waals surface area contributed by atoms with Crippen LogP contribution >= 0.6 is 0 Å². The first-order chi connectivity index (χ1) is 32.6. The van der Waals surface area contributed by atoms with Crippen LogP contribution in [0, 0.1) is 63.0 Å². The van der Waals surface area contributed by atoms with E-state index in [9.17, 15) is 33.5 Å². The van der Waals surface area contributed by atoms with Gasteiger partial charge in [-0.05, 0) is 140 Å². The lowest BCUT2D eigenvalue weighted by Crippen LogP contribution is -2.55. The monoisotopic (exact) mass is 953 g/mol. The maximum atomic E-state index is 14.3. The average Bonchev–Trinajstić information content (AvgIpc) is 3.99. The highest BCUT2D eigenvalue weighted by Crippen LogP contribution is 2.83. The maximum absolute atomic E-state index is 14.3. The van der Waals surface area contributed by atoms with Crippen LogP contribution < -0.4 is 10.9 Å². The topological polar surface area (TPSA) is 154 Å². The van der Waals surface area contributed by atoms with Gasteiger partial charge in [0, 0.05) is 59.7 Å². The van der Waals surface area contributed by atoms with Crippen molar-refractivity contribution in [1.29, 1.82) is 0 Å². The van der Waals surface area contributed by atoms with E-state index in [1.165, 1.54) is 110 Å². The number of aromatic nitrogens is 2. The Morgan fingerprint density at radius 2 is 1.64 bits per heavy atom. The zero-order chi connectivity index (χ0) is 49.6. The minimum absolute atomic E-state index is 0.0246. The van der Waals surface area contributed by atoms with E-state index in [0.29, 0.717) is 29.2 Å². The van der Waals surface area contributed by atoms with Crippen molar-refractivity contribution < 1.29 is 33.4 Å². The number of allylic oxidation sites excluding steroid dienone is 1. The van der Waals surface area contributed by atoms with E-state index in [1.807, 2.05) is 0 Å². The number of carbonyl (C=O) groups excluding carboxylic acids is 4. The van der Waals surface area contributed by atoms with Crippen molar-refractivity contribution in [2.45, 2.75) is 156 Å². The van der Waals surface area contributed by atoms with Gasteiger partial charge in [-0.25, -0.2) is 14.2 Å². The number of amides is 4. The molecule has 2 aliphatic heterocycles. The van der Waals surface area contributed by atoms with Gasteiger partial charge in [0.25, 0.3) is 11.5 Å². The van der Waals surface area contributed by atoms with Gasteiger partial charge in [0.05, 0.1) is 0 Å². The van der Waals surface area contributed by atoms with E-state index in [2.05, 4.69) is 51.0 Å². The summed E-state index contributed by atoms with van der Waals surface area (Å²) in [6.45, 7) is 12.7. The minimum Gasteiger partial charge on any atom is -0.501 e. The van der Waals surface area contributed by atoms with Crippen molar-refractivity contribution >= 4 is 23.8 Å². The summed E-state index contributed by atoms with van der Waals surface area (Å²) in [5.74, 6) is 1.09. The van der Waals surface area contributed by atoms with Gasteiger partial charge in [-0.2, -0.15) is 0 Å². The van der Waals surface area contributed by atoms with Crippen molar-refractivity contribution in [3.8, 4) is 5.75 Å². The summed E-state index contributed by atoms with van der Waals surface area (Å²) in [5, 5.41) is 14.0. The summed E-state index contributed by atoms with van der Waals surface area (Å²) in [6, 6.07) is 5.55. The van der Waals surface area contributed by atoms with Gasteiger partial charge in [-0.1, -0.05) is 77.7 Å². The van der Waals surface area contributed by atoms with E-state index in [1.54, 1.807) is 11.9 Å². The molecule has 8 aliphatic rings. The molecule has 0 saturated heterocycles. The van der Waals surface area contributed by atoms with Crippen LogP contribution in [0.5, 0.6) is 5.75 Å². The zero-order valence-electron chi connectivity index (χ0n) is 42.7. The summed E-state index contributed by atoms with van der Waals surface area (Å²) >= 11 is 0. The Morgan fingerprint density at radius 3 is 2.32 bits per heavy atom. The van der Waals surface area contributed by atoms with Gasteiger partial charge in [0.1, 0.15) is 23.3 Å². The molecule has 5 saturated carbocycles. The van der Waals surface area contributed by atoms with Crippen LogP contribution in [0.15, 0.2) is 40.7 Å². The standard InChI is InChI=1S/C55H77FN6O7/c1-33(2)11-10-12-34(3)40-19-20-41-42-18-15-36-27-39(21-22-52(36,5)55(42)29-37(55)28-51(40,41)4)69-50(68)60(8)31-53-23-25-54(26-24-53,61(9)48(67)47(66)59(6)7)49-58-43(44(63)46(65)62(49)32-53)45(64)57-30-35-13-16-38(56)17-14-35/h13-17,33-34,37,39-42,63H,10-12,18-32H2,1-9H3,(H,57,64)/t34-,37?,39+,40-,41?,42+,51-,52+,53?,54?,55?/m1/s1. The molecule has 4 amide bonds. The third kappa shape index (κ3) is 8.09. The lowest BCUT2D eigenvalue weighted by atomic mass is 9.46. The molecule has 5 fully saturated rings. The number of benzene rings is 1. The number of hydrogen-bond acceptors (Lipinski definition) is 8. The molecule has 0 radical (unpaired) electrons. The summed E-state index contributed by atoms with van der Waals surface area (Å²) < 4.78 is 21.3. The molecule has 2 aromatic rings. The number of nitrogens with zero attached hydrogens (tertiary/aromatic N) is 5. The van der Waals surface area contributed by atoms with Gasteiger partial charge in [-0.3, -0.25) is 23.7 Å². The number of aromatic hydroxyl groups is 1. The van der Waals surface area contributed by atoms with Crippen molar-refractivity contribution in [2.75, 3.05) is 34.7 Å². The second kappa shape index (κ2) is 17.8. The number of ether oxygens (including phenoxy) is 1. The second-order valence-corrected chi connectivity index (χ2v) is 24.2. The van der Waals surface area contributed by atoms with Crippen LogP contribution in [0.25, 0.3) is 0 Å². The molecule has 6 aliphatic carbocycles. The van der Waals surface area contributed by atoms with E-state index in [0.717, 1.165) is 61.2 Å². The molecule has 10 rings (SSSR count). The van der Waals surface area contributed by atoms with Crippen molar-refractivity contribution in [1.82, 2.24) is 29.6 Å². The van der Waals surface area contributed by atoms with Crippen LogP contribution in [0.1, 0.15) is 153 Å². The molecular weight excluding hydrogens is 876 g/mol.